The molecule has 1 aromatic heterocycles. The summed E-state index contributed by atoms with van der Waals surface area (Å²) in [5, 5.41) is 5.72. The molecule has 3 aliphatic rings. The predicted octanol–water partition coefficient (Wildman–Crippen LogP) is 4.29. The average Bonchev–Trinajstić information content (AvgIpc) is 2.74. The Morgan fingerprint density at radius 2 is 1.57 bits per heavy atom. The van der Waals surface area contributed by atoms with Gasteiger partial charge in [0.2, 0.25) is 17.7 Å². The van der Waals surface area contributed by atoms with E-state index >= 15 is 0 Å². The highest BCUT2D eigenvalue weighted by molar-refractivity contribution is 6.09. The number of rotatable bonds is 4. The van der Waals surface area contributed by atoms with Gasteiger partial charge in [-0.15, -0.1) is 13.2 Å². The first-order valence-corrected chi connectivity index (χ1v) is 11.2. The molecular formula is C21H25F7N6O. The molecule has 2 fully saturated rings. The van der Waals surface area contributed by atoms with Gasteiger partial charge in [-0.25, -0.2) is 32.5 Å². The van der Waals surface area contributed by atoms with Crippen molar-refractivity contribution < 1.29 is 35.5 Å². The summed E-state index contributed by atoms with van der Waals surface area (Å²) in [5.74, 6) is -8.45. The van der Waals surface area contributed by atoms with Gasteiger partial charge in [0.1, 0.15) is 5.69 Å². The van der Waals surface area contributed by atoms with Crippen molar-refractivity contribution in [2.45, 2.75) is 81.4 Å². The molecule has 2 aliphatic carbocycles. The zero-order valence-electron chi connectivity index (χ0n) is 18.5. The van der Waals surface area contributed by atoms with E-state index in [0.29, 0.717) is 0 Å². The Hall–Kier alpha value is -2.64. The Labute approximate surface area is 196 Å². The molecule has 4 N–H and O–H groups in total. The van der Waals surface area contributed by atoms with Crippen molar-refractivity contribution >= 4 is 11.8 Å². The van der Waals surface area contributed by atoms with Crippen molar-refractivity contribution in [2.75, 3.05) is 0 Å². The number of halogens is 7. The van der Waals surface area contributed by atoms with Crippen LogP contribution >= 0.6 is 0 Å². The van der Waals surface area contributed by atoms with Gasteiger partial charge in [0.25, 0.3) is 0 Å². The van der Waals surface area contributed by atoms with E-state index in [0.717, 1.165) is 6.07 Å². The molecular weight excluding hydrogens is 485 g/mol. The number of hydrogen-bond acceptors (Lipinski definition) is 5. The van der Waals surface area contributed by atoms with Gasteiger partial charge in [-0.3, -0.25) is 5.73 Å². The van der Waals surface area contributed by atoms with Crippen molar-refractivity contribution in [3.63, 3.8) is 0 Å². The molecule has 1 atom stereocenters. The second-order valence-corrected chi connectivity index (χ2v) is 9.14. The Morgan fingerprint density at radius 3 is 2.17 bits per heavy atom. The fourth-order valence-corrected chi connectivity index (χ4v) is 4.49. The van der Waals surface area contributed by atoms with E-state index in [1.165, 1.54) is 12.1 Å². The van der Waals surface area contributed by atoms with Crippen molar-refractivity contribution in [3.05, 3.63) is 23.9 Å². The van der Waals surface area contributed by atoms with Gasteiger partial charge in [-0.05, 0) is 31.7 Å². The first-order chi connectivity index (χ1) is 16.2. The second kappa shape index (κ2) is 9.10. The van der Waals surface area contributed by atoms with Crippen LogP contribution < -0.4 is 21.1 Å². The number of aliphatic imine (C=N–C) groups is 2. The lowest BCUT2D eigenvalue weighted by atomic mass is 9.82. The number of amidine groups is 1. The maximum Gasteiger partial charge on any atom is 0.574 e. The van der Waals surface area contributed by atoms with Crippen LogP contribution in [0, 0.1) is 5.92 Å². The lowest BCUT2D eigenvalue weighted by Crippen LogP contribution is -2.67. The second-order valence-electron chi connectivity index (χ2n) is 9.14. The van der Waals surface area contributed by atoms with Crippen LogP contribution in [-0.4, -0.2) is 46.8 Å². The summed E-state index contributed by atoms with van der Waals surface area (Å²) < 4.78 is 96.4. The van der Waals surface area contributed by atoms with E-state index in [1.54, 1.807) is 0 Å². The smallest absolute Gasteiger partial charge is 0.388 e. The van der Waals surface area contributed by atoms with Crippen LogP contribution in [0.5, 0.6) is 5.88 Å². The average molecular weight is 510 g/mol. The predicted molar refractivity (Wildman–Crippen MR) is 112 cm³/mol. The minimum atomic E-state index is -4.96. The van der Waals surface area contributed by atoms with Gasteiger partial charge in [0.15, 0.2) is 17.6 Å². The van der Waals surface area contributed by atoms with E-state index in [9.17, 15) is 30.7 Å². The molecule has 1 aromatic rings. The molecule has 1 aliphatic heterocycles. The van der Waals surface area contributed by atoms with Crippen molar-refractivity contribution in [3.8, 4) is 5.88 Å². The van der Waals surface area contributed by atoms with E-state index in [1.807, 2.05) is 0 Å². The van der Waals surface area contributed by atoms with Crippen molar-refractivity contribution in [2.24, 2.45) is 21.6 Å². The Bertz CT molecular complexity index is 979. The minimum Gasteiger partial charge on any atom is -0.388 e. The standard InChI is InChI=1S/C21H25F7N6O/c22-18(23)8-4-12(5-9-18)20(29)33-16(14-2-1-3-15(31-14)35-21(26,27)28)32-17(34-20)30-13-6-10-19(24,25)11-7-13/h1-3,12-13H,4-11,29H2,(H2,30,32,33,34). The summed E-state index contributed by atoms with van der Waals surface area (Å²) in [4.78, 5) is 12.7. The van der Waals surface area contributed by atoms with Gasteiger partial charge in [0.05, 0.1) is 6.04 Å². The van der Waals surface area contributed by atoms with Crippen LogP contribution in [-0.2, 0) is 0 Å². The fraction of sp³-hybridized carbons (Fsp3) is 0.667. The quantitative estimate of drug-likeness (QED) is 0.526. The number of pyridine rings is 1. The maximum absolute atomic E-state index is 13.7. The molecule has 0 amide bonds. The molecule has 2 saturated carbocycles. The van der Waals surface area contributed by atoms with Crippen molar-refractivity contribution in [1.29, 1.82) is 0 Å². The fourth-order valence-electron chi connectivity index (χ4n) is 4.49. The first kappa shape index (κ1) is 25.5. The molecule has 0 saturated heterocycles. The van der Waals surface area contributed by atoms with E-state index < -0.39 is 54.7 Å². The van der Waals surface area contributed by atoms with Crippen LogP contribution in [0.1, 0.15) is 57.1 Å². The highest BCUT2D eigenvalue weighted by atomic mass is 19.4. The Kier molecular flexibility index (Phi) is 6.62. The Morgan fingerprint density at radius 1 is 0.971 bits per heavy atom. The van der Waals surface area contributed by atoms with E-state index in [2.05, 4.69) is 30.3 Å². The molecule has 0 spiro atoms. The van der Waals surface area contributed by atoms with Crippen LogP contribution in [0.4, 0.5) is 30.7 Å². The first-order valence-electron chi connectivity index (χ1n) is 11.2. The summed E-state index contributed by atoms with van der Waals surface area (Å²) in [6, 6.07) is 3.19. The molecule has 35 heavy (non-hydrogen) atoms. The maximum atomic E-state index is 13.7. The number of nitrogens with one attached hydrogen (secondary N) is 2. The number of alkyl halides is 7. The van der Waals surface area contributed by atoms with Crippen LogP contribution in [0.25, 0.3) is 0 Å². The number of nitrogens with two attached hydrogens (primary N) is 1. The number of aromatic nitrogens is 1. The molecule has 1 unspecified atom stereocenters. The van der Waals surface area contributed by atoms with Gasteiger partial charge in [-0.1, -0.05) is 6.07 Å². The zero-order chi connectivity index (χ0) is 25.5. The third-order valence-corrected chi connectivity index (χ3v) is 6.38. The largest absolute Gasteiger partial charge is 0.574 e. The zero-order valence-corrected chi connectivity index (χ0v) is 18.5. The monoisotopic (exact) mass is 510 g/mol. The number of nitrogens with zero attached hydrogens (tertiary/aromatic N) is 3. The SMILES string of the molecule is NC1(C2CCC(F)(F)CC2)N=C(c2cccc(OC(F)(F)F)n2)NC(=NC2CCC(F)(F)CC2)N1. The van der Waals surface area contributed by atoms with Gasteiger partial charge < -0.3 is 15.4 Å². The minimum absolute atomic E-state index is 0.0425. The third kappa shape index (κ3) is 6.53. The highest BCUT2D eigenvalue weighted by Gasteiger charge is 2.46. The Balaban J connectivity index is 1.63. The topological polar surface area (TPSA) is 96.9 Å². The van der Waals surface area contributed by atoms with E-state index in [-0.39, 0.29) is 56.0 Å². The third-order valence-electron chi connectivity index (χ3n) is 6.38. The van der Waals surface area contributed by atoms with Gasteiger partial charge >= 0.3 is 6.36 Å². The van der Waals surface area contributed by atoms with E-state index in [4.69, 9.17) is 5.73 Å². The van der Waals surface area contributed by atoms with Crippen LogP contribution in [0.3, 0.4) is 0 Å². The summed E-state index contributed by atoms with van der Waals surface area (Å²) in [5.41, 5.74) is 6.46. The number of hydrogen-bond donors (Lipinski definition) is 3. The molecule has 2 heterocycles. The molecule has 0 bridgehead atoms. The van der Waals surface area contributed by atoms with Gasteiger partial charge in [-0.2, -0.15) is 0 Å². The molecule has 4 rings (SSSR count). The van der Waals surface area contributed by atoms with Crippen molar-refractivity contribution in [1.82, 2.24) is 15.6 Å². The van der Waals surface area contributed by atoms with Crippen LogP contribution in [0.15, 0.2) is 28.2 Å². The van der Waals surface area contributed by atoms with Gasteiger partial charge in [0, 0.05) is 37.7 Å². The molecule has 194 valence electrons. The summed E-state index contributed by atoms with van der Waals surface area (Å²) in [6.07, 6.45) is -6.10. The summed E-state index contributed by atoms with van der Waals surface area (Å²) >= 11 is 0. The molecule has 0 radical (unpaired) electrons. The normalized spacial score (nSPS) is 28.7. The lowest BCUT2D eigenvalue weighted by Gasteiger charge is -2.42. The number of guanidine groups is 1. The number of ether oxygens (including phenoxy) is 1. The summed E-state index contributed by atoms with van der Waals surface area (Å²) in [7, 11) is 0. The lowest BCUT2D eigenvalue weighted by molar-refractivity contribution is -0.276. The molecule has 14 heteroatoms. The van der Waals surface area contributed by atoms with Crippen LogP contribution in [0.2, 0.25) is 0 Å². The highest BCUT2D eigenvalue weighted by Crippen LogP contribution is 2.40. The molecule has 7 nitrogen and oxygen atoms in total. The summed E-state index contributed by atoms with van der Waals surface area (Å²) in [6.45, 7) is 0. The molecule has 0 aromatic carbocycles.